The van der Waals surface area contributed by atoms with Gasteiger partial charge in [0.05, 0.1) is 11.9 Å². The highest BCUT2D eigenvalue weighted by molar-refractivity contribution is 7.90. The molecule has 5 nitrogen and oxygen atoms in total. The zero-order valence-corrected chi connectivity index (χ0v) is 17.8. The van der Waals surface area contributed by atoms with Crippen molar-refractivity contribution in [3.63, 3.8) is 0 Å². The first-order valence-electron chi connectivity index (χ1n) is 9.39. The SMILES string of the molecule is COC(=O)CCCC(NS(=O)(=O)C(C)(C)C)c1ccccc1-c1ccccc1. The predicted octanol–water partition coefficient (Wildman–Crippen LogP) is 4.46. The second kappa shape index (κ2) is 9.34. The zero-order chi connectivity index (χ0) is 20.8. The zero-order valence-electron chi connectivity index (χ0n) is 16.9. The van der Waals surface area contributed by atoms with Gasteiger partial charge in [-0.3, -0.25) is 4.79 Å². The molecule has 0 aliphatic heterocycles. The van der Waals surface area contributed by atoms with Crippen LogP contribution in [0.5, 0.6) is 0 Å². The Bertz CT molecular complexity index is 886. The molecule has 2 aromatic carbocycles. The molecule has 6 heteroatoms. The van der Waals surface area contributed by atoms with Crippen LogP contribution in [0.4, 0.5) is 0 Å². The van der Waals surface area contributed by atoms with Gasteiger partial charge in [0, 0.05) is 12.5 Å². The number of carbonyl (C=O) groups excluding carboxylic acids is 1. The molecule has 2 rings (SSSR count). The molecule has 0 aromatic heterocycles. The maximum Gasteiger partial charge on any atom is 0.305 e. The largest absolute Gasteiger partial charge is 0.469 e. The van der Waals surface area contributed by atoms with Gasteiger partial charge in [-0.05, 0) is 50.3 Å². The van der Waals surface area contributed by atoms with Crippen LogP contribution in [0.15, 0.2) is 54.6 Å². The van der Waals surface area contributed by atoms with Gasteiger partial charge in [0.1, 0.15) is 0 Å². The molecule has 0 amide bonds. The number of carbonyl (C=O) groups is 1. The number of hydrogen-bond acceptors (Lipinski definition) is 4. The molecule has 0 spiro atoms. The average Bonchev–Trinajstić information content (AvgIpc) is 2.66. The van der Waals surface area contributed by atoms with Crippen LogP contribution in [0.2, 0.25) is 0 Å². The lowest BCUT2D eigenvalue weighted by Gasteiger charge is -2.27. The van der Waals surface area contributed by atoms with Crippen molar-refractivity contribution in [3.05, 3.63) is 60.2 Å². The second-order valence-corrected chi connectivity index (χ2v) is 10.2. The molecule has 28 heavy (non-hydrogen) atoms. The topological polar surface area (TPSA) is 72.5 Å². The minimum atomic E-state index is -3.57. The molecule has 0 heterocycles. The summed E-state index contributed by atoms with van der Waals surface area (Å²) in [6.45, 7) is 5.01. The van der Waals surface area contributed by atoms with Crippen molar-refractivity contribution in [2.45, 2.75) is 50.8 Å². The number of nitrogens with one attached hydrogen (secondary N) is 1. The van der Waals surface area contributed by atoms with E-state index in [9.17, 15) is 13.2 Å². The van der Waals surface area contributed by atoms with Gasteiger partial charge in [0.15, 0.2) is 0 Å². The van der Waals surface area contributed by atoms with Crippen LogP contribution in [0, 0.1) is 0 Å². The number of methoxy groups -OCH3 is 1. The Kier molecular flexibility index (Phi) is 7.38. The van der Waals surface area contributed by atoms with Crippen molar-refractivity contribution in [2.75, 3.05) is 7.11 Å². The van der Waals surface area contributed by atoms with E-state index in [1.165, 1.54) is 7.11 Å². The summed E-state index contributed by atoms with van der Waals surface area (Å²) < 4.78 is 32.3. The monoisotopic (exact) mass is 403 g/mol. The average molecular weight is 404 g/mol. The van der Waals surface area contributed by atoms with Crippen LogP contribution >= 0.6 is 0 Å². The van der Waals surface area contributed by atoms with Crippen LogP contribution in [0.1, 0.15) is 51.6 Å². The Morgan fingerprint density at radius 3 is 2.25 bits per heavy atom. The lowest BCUT2D eigenvalue weighted by atomic mass is 9.93. The van der Waals surface area contributed by atoms with E-state index in [0.29, 0.717) is 12.8 Å². The van der Waals surface area contributed by atoms with Crippen LogP contribution in [0.3, 0.4) is 0 Å². The third-order valence-corrected chi connectivity index (χ3v) is 6.83. The van der Waals surface area contributed by atoms with Gasteiger partial charge in [-0.15, -0.1) is 0 Å². The lowest BCUT2D eigenvalue weighted by molar-refractivity contribution is -0.140. The number of rotatable bonds is 8. The molecule has 0 aliphatic rings. The summed E-state index contributed by atoms with van der Waals surface area (Å²) in [5.74, 6) is -0.297. The number of hydrogen-bond donors (Lipinski definition) is 1. The van der Waals surface area contributed by atoms with E-state index in [2.05, 4.69) is 4.72 Å². The minimum absolute atomic E-state index is 0.248. The summed E-state index contributed by atoms with van der Waals surface area (Å²) in [5, 5.41) is 0. The molecule has 2 aromatic rings. The van der Waals surface area contributed by atoms with Crippen molar-refractivity contribution in [3.8, 4) is 11.1 Å². The fourth-order valence-electron chi connectivity index (χ4n) is 2.88. The van der Waals surface area contributed by atoms with Gasteiger partial charge < -0.3 is 4.74 Å². The molecule has 0 radical (unpaired) electrons. The molecule has 0 saturated heterocycles. The summed E-state index contributed by atoms with van der Waals surface area (Å²) in [6, 6.07) is 17.2. The third-order valence-electron chi connectivity index (χ3n) is 4.63. The fraction of sp³-hybridized carbons (Fsp3) is 0.409. The standard InChI is InChI=1S/C22H29NO4S/c1-22(2,3)28(25,26)23-20(15-10-16-21(24)27-4)19-14-9-8-13-18(19)17-11-6-5-7-12-17/h5-9,11-14,20,23H,10,15-16H2,1-4H3. The Labute approximate surface area is 168 Å². The first-order chi connectivity index (χ1) is 13.2. The third kappa shape index (κ3) is 5.66. The van der Waals surface area contributed by atoms with Crippen LogP contribution in [0.25, 0.3) is 11.1 Å². The molecule has 1 unspecified atom stereocenters. The van der Waals surface area contributed by atoms with Crippen LogP contribution in [-0.4, -0.2) is 26.2 Å². The summed E-state index contributed by atoms with van der Waals surface area (Å²) in [7, 11) is -2.21. The van der Waals surface area contributed by atoms with Crippen LogP contribution < -0.4 is 4.72 Å². The van der Waals surface area contributed by atoms with Crippen LogP contribution in [-0.2, 0) is 19.6 Å². The van der Waals surface area contributed by atoms with Crippen molar-refractivity contribution < 1.29 is 17.9 Å². The molecule has 0 fully saturated rings. The Hall–Kier alpha value is -2.18. The van der Waals surface area contributed by atoms with Gasteiger partial charge in [0.2, 0.25) is 10.0 Å². The molecule has 152 valence electrons. The van der Waals surface area contributed by atoms with E-state index >= 15 is 0 Å². The highest BCUT2D eigenvalue weighted by Crippen LogP contribution is 2.32. The van der Waals surface area contributed by atoms with E-state index in [1.807, 2.05) is 54.6 Å². The molecule has 0 aliphatic carbocycles. The highest BCUT2D eigenvalue weighted by Gasteiger charge is 2.32. The number of ether oxygens (including phenoxy) is 1. The van der Waals surface area contributed by atoms with E-state index in [4.69, 9.17) is 4.74 Å². The fourth-order valence-corrected chi connectivity index (χ4v) is 3.85. The number of sulfonamides is 1. The Balaban J connectivity index is 2.40. The Morgan fingerprint density at radius 1 is 1.04 bits per heavy atom. The highest BCUT2D eigenvalue weighted by atomic mass is 32.2. The van der Waals surface area contributed by atoms with Gasteiger partial charge in [-0.1, -0.05) is 54.6 Å². The van der Waals surface area contributed by atoms with E-state index in [1.54, 1.807) is 20.8 Å². The van der Waals surface area contributed by atoms with Gasteiger partial charge in [0.25, 0.3) is 0 Å². The van der Waals surface area contributed by atoms with Crippen molar-refractivity contribution in [1.82, 2.24) is 4.72 Å². The van der Waals surface area contributed by atoms with Gasteiger partial charge in [-0.25, -0.2) is 13.1 Å². The maximum atomic E-state index is 12.8. The van der Waals surface area contributed by atoms with E-state index in [0.717, 1.165) is 16.7 Å². The number of benzene rings is 2. The van der Waals surface area contributed by atoms with Gasteiger partial charge in [-0.2, -0.15) is 0 Å². The predicted molar refractivity (Wildman–Crippen MR) is 112 cm³/mol. The lowest BCUT2D eigenvalue weighted by Crippen LogP contribution is -2.41. The first-order valence-corrected chi connectivity index (χ1v) is 10.9. The van der Waals surface area contributed by atoms with Crippen molar-refractivity contribution in [1.29, 1.82) is 0 Å². The van der Waals surface area contributed by atoms with E-state index in [-0.39, 0.29) is 12.4 Å². The maximum absolute atomic E-state index is 12.8. The van der Waals surface area contributed by atoms with Gasteiger partial charge >= 0.3 is 5.97 Å². The summed E-state index contributed by atoms with van der Waals surface area (Å²) >= 11 is 0. The molecular weight excluding hydrogens is 374 g/mol. The summed E-state index contributed by atoms with van der Waals surface area (Å²) in [4.78, 5) is 11.5. The molecule has 0 bridgehead atoms. The smallest absolute Gasteiger partial charge is 0.305 e. The molecular formula is C22H29NO4S. The second-order valence-electron chi connectivity index (χ2n) is 7.71. The molecule has 1 N–H and O–H groups in total. The molecule has 0 saturated carbocycles. The Morgan fingerprint density at radius 2 is 1.64 bits per heavy atom. The number of esters is 1. The minimum Gasteiger partial charge on any atom is -0.469 e. The first kappa shape index (κ1) is 22.1. The summed E-state index contributed by atoms with van der Waals surface area (Å²) in [5.41, 5.74) is 2.89. The summed E-state index contributed by atoms with van der Waals surface area (Å²) in [6.07, 6.45) is 1.26. The van der Waals surface area contributed by atoms with E-state index < -0.39 is 20.8 Å². The normalized spacial score (nSPS) is 13.1. The molecule has 1 atom stereocenters. The quantitative estimate of drug-likeness (QED) is 0.661. The van der Waals surface area contributed by atoms with Crippen molar-refractivity contribution in [2.24, 2.45) is 0 Å². The van der Waals surface area contributed by atoms with Crippen molar-refractivity contribution >= 4 is 16.0 Å².